The lowest BCUT2D eigenvalue weighted by atomic mass is 10.0. The van der Waals surface area contributed by atoms with Crippen molar-refractivity contribution in [2.24, 2.45) is 0 Å². The number of rotatable bonds is 11. The summed E-state index contributed by atoms with van der Waals surface area (Å²) in [6, 6.07) is 7.16. The Bertz CT molecular complexity index is 1390. The van der Waals surface area contributed by atoms with E-state index in [1.54, 1.807) is 30.6 Å². The predicted molar refractivity (Wildman–Crippen MR) is 169 cm³/mol. The van der Waals surface area contributed by atoms with E-state index in [2.05, 4.69) is 25.0 Å². The van der Waals surface area contributed by atoms with E-state index in [0.717, 1.165) is 86.2 Å². The smallest absolute Gasteiger partial charge is 0.307 e. The van der Waals surface area contributed by atoms with Gasteiger partial charge in [-0.25, -0.2) is 19.3 Å². The lowest BCUT2D eigenvalue weighted by Crippen LogP contribution is -2.47. The molecular weight excluding hydrogens is 569 g/mol. The number of carbonyl (C=O) groups excluding carboxylic acids is 1. The number of benzene rings is 1. The number of nitrogens with zero attached hydrogens (tertiary/aromatic N) is 6. The van der Waals surface area contributed by atoms with Crippen LogP contribution in [0.5, 0.6) is 0 Å². The molecule has 2 saturated heterocycles. The van der Waals surface area contributed by atoms with Gasteiger partial charge >= 0.3 is 5.97 Å². The van der Waals surface area contributed by atoms with Gasteiger partial charge in [0.1, 0.15) is 34.0 Å². The first kappa shape index (κ1) is 31.1. The van der Waals surface area contributed by atoms with E-state index in [-0.39, 0.29) is 17.9 Å². The fourth-order valence-corrected chi connectivity index (χ4v) is 6.67. The average Bonchev–Trinajstić information content (AvgIpc) is 3.43. The Morgan fingerprint density at radius 3 is 2.49 bits per heavy atom. The van der Waals surface area contributed by atoms with Gasteiger partial charge in [-0.05, 0) is 56.9 Å². The van der Waals surface area contributed by atoms with E-state index in [4.69, 9.17) is 19.4 Å². The Morgan fingerprint density at radius 1 is 1.02 bits per heavy atom. The summed E-state index contributed by atoms with van der Waals surface area (Å²) in [5.41, 5.74) is 2.51. The number of ether oxygens (including phenoxy) is 2. The molecule has 0 amide bonds. The molecular formula is C31H42FN7O3S. The molecule has 0 aliphatic carbocycles. The number of methoxy groups -OCH3 is 1. The molecule has 0 unspecified atom stereocenters. The second-order valence-corrected chi connectivity index (χ2v) is 11.9. The summed E-state index contributed by atoms with van der Waals surface area (Å²) < 4.78 is 25.3. The van der Waals surface area contributed by atoms with Crippen molar-refractivity contribution in [1.29, 1.82) is 0 Å². The summed E-state index contributed by atoms with van der Waals surface area (Å²) in [6.07, 6.45) is 3.28. The van der Waals surface area contributed by atoms with Crippen molar-refractivity contribution in [1.82, 2.24) is 19.9 Å². The van der Waals surface area contributed by atoms with Crippen molar-refractivity contribution in [2.75, 3.05) is 74.6 Å². The Kier molecular flexibility index (Phi) is 10.4. The Hall–Kier alpha value is -3.35. The quantitative estimate of drug-likeness (QED) is 0.297. The molecule has 2 aliphatic rings. The second kappa shape index (κ2) is 14.4. The minimum absolute atomic E-state index is 0.150. The largest absolute Gasteiger partial charge is 0.466 e. The van der Waals surface area contributed by atoms with Gasteiger partial charge in [0.05, 0.1) is 19.1 Å². The Labute approximate surface area is 257 Å². The summed E-state index contributed by atoms with van der Waals surface area (Å²) in [7, 11) is 1.77. The standard InChI is InChI=1S/C31H42FN7O3S/c1-5-22-17-23(19-24(32)18-22)29-30(39-11-7-25(41-4)8-12-39)43-31(36-29)35-26-20-27(34-21(3)33-26)38-15-13-37(14-16-38)10-9-28(40)42-6-2/h17-20,25H,5-16H2,1-4H3,(H,33,34,35,36). The molecule has 2 aliphatic heterocycles. The van der Waals surface area contributed by atoms with Gasteiger partial charge in [-0.15, -0.1) is 0 Å². The average molecular weight is 612 g/mol. The molecule has 5 rings (SSSR count). The molecule has 3 aromatic rings. The summed E-state index contributed by atoms with van der Waals surface area (Å²) >= 11 is 1.56. The molecule has 2 fully saturated rings. The number of carbonyl (C=O) groups is 1. The fourth-order valence-electron chi connectivity index (χ4n) is 5.62. The number of nitrogens with one attached hydrogen (secondary N) is 1. The van der Waals surface area contributed by atoms with Crippen LogP contribution in [0, 0.1) is 12.7 Å². The summed E-state index contributed by atoms with van der Waals surface area (Å²) in [5, 5.41) is 5.16. The van der Waals surface area contributed by atoms with Gasteiger partial charge in [0.15, 0.2) is 5.13 Å². The SMILES string of the molecule is CCOC(=O)CCN1CCN(c2cc(Nc3nc(-c4cc(F)cc(CC)c4)c(N4CCC(OC)CC4)s3)nc(C)n2)CC1. The highest BCUT2D eigenvalue weighted by atomic mass is 32.1. The fraction of sp³-hybridized carbons (Fsp3) is 0.548. The van der Waals surface area contributed by atoms with Gasteiger partial charge < -0.3 is 24.6 Å². The number of aromatic nitrogens is 3. The molecule has 2 aromatic heterocycles. The zero-order chi connectivity index (χ0) is 30.3. The normalized spacial score (nSPS) is 16.5. The number of thiazole rings is 1. The van der Waals surface area contributed by atoms with Crippen LogP contribution in [0.4, 0.5) is 26.2 Å². The van der Waals surface area contributed by atoms with Crippen molar-refractivity contribution < 1.29 is 18.7 Å². The van der Waals surface area contributed by atoms with Crippen molar-refractivity contribution in [3.8, 4) is 11.3 Å². The van der Waals surface area contributed by atoms with Crippen LogP contribution in [0.1, 0.15) is 44.5 Å². The van der Waals surface area contributed by atoms with Crippen molar-refractivity contribution in [3.05, 3.63) is 41.5 Å². The van der Waals surface area contributed by atoms with Gasteiger partial charge in [-0.1, -0.05) is 18.3 Å². The topological polar surface area (TPSA) is 96.0 Å². The molecule has 4 heterocycles. The van der Waals surface area contributed by atoms with Gasteiger partial charge in [0, 0.05) is 64.6 Å². The molecule has 1 N–H and O–H groups in total. The molecule has 10 nitrogen and oxygen atoms in total. The number of anilines is 4. The molecule has 1 aromatic carbocycles. The maximum atomic E-state index is 14.6. The van der Waals surface area contributed by atoms with Crippen LogP contribution in [0.25, 0.3) is 11.3 Å². The minimum atomic E-state index is -0.252. The van der Waals surface area contributed by atoms with Gasteiger partial charge in [0.25, 0.3) is 0 Å². The van der Waals surface area contributed by atoms with Crippen molar-refractivity contribution in [3.63, 3.8) is 0 Å². The third-order valence-corrected chi connectivity index (χ3v) is 9.04. The number of halogens is 1. The third-order valence-electron chi connectivity index (χ3n) is 8.00. The molecule has 0 radical (unpaired) electrons. The first-order chi connectivity index (χ1) is 20.8. The van der Waals surface area contributed by atoms with E-state index in [9.17, 15) is 9.18 Å². The van der Waals surface area contributed by atoms with Gasteiger partial charge in [-0.2, -0.15) is 0 Å². The van der Waals surface area contributed by atoms with Crippen LogP contribution in [0.2, 0.25) is 0 Å². The minimum Gasteiger partial charge on any atom is -0.466 e. The molecule has 0 saturated carbocycles. The second-order valence-electron chi connectivity index (χ2n) is 11.0. The van der Waals surface area contributed by atoms with E-state index >= 15 is 0 Å². The Balaban J connectivity index is 1.34. The predicted octanol–water partition coefficient (Wildman–Crippen LogP) is 5.04. The number of piperidine rings is 1. The van der Waals surface area contributed by atoms with Gasteiger partial charge in [0.2, 0.25) is 0 Å². The van der Waals surface area contributed by atoms with Crippen LogP contribution < -0.4 is 15.1 Å². The van der Waals surface area contributed by atoms with E-state index in [1.165, 1.54) is 0 Å². The zero-order valence-corrected chi connectivity index (χ0v) is 26.4. The van der Waals surface area contributed by atoms with E-state index in [0.29, 0.717) is 36.3 Å². The molecule has 0 bridgehead atoms. The highest BCUT2D eigenvalue weighted by molar-refractivity contribution is 7.20. The van der Waals surface area contributed by atoms with Gasteiger partial charge in [-0.3, -0.25) is 9.69 Å². The highest BCUT2D eigenvalue weighted by Gasteiger charge is 2.26. The zero-order valence-electron chi connectivity index (χ0n) is 25.6. The Morgan fingerprint density at radius 2 is 1.79 bits per heavy atom. The summed E-state index contributed by atoms with van der Waals surface area (Å²) in [4.78, 5) is 33.0. The monoisotopic (exact) mass is 611 g/mol. The molecule has 43 heavy (non-hydrogen) atoms. The molecule has 0 spiro atoms. The molecule has 0 atom stereocenters. The lowest BCUT2D eigenvalue weighted by Gasteiger charge is -2.35. The number of piperazine rings is 1. The summed E-state index contributed by atoms with van der Waals surface area (Å²) in [5.74, 6) is 1.80. The van der Waals surface area contributed by atoms with E-state index in [1.807, 2.05) is 32.9 Å². The van der Waals surface area contributed by atoms with Crippen LogP contribution >= 0.6 is 11.3 Å². The number of hydrogen-bond donors (Lipinski definition) is 1. The number of hydrogen-bond acceptors (Lipinski definition) is 11. The summed E-state index contributed by atoms with van der Waals surface area (Å²) in [6.45, 7) is 11.9. The van der Waals surface area contributed by atoms with Crippen LogP contribution in [-0.4, -0.2) is 91.5 Å². The van der Waals surface area contributed by atoms with Crippen molar-refractivity contribution in [2.45, 2.75) is 52.6 Å². The van der Waals surface area contributed by atoms with Crippen molar-refractivity contribution >= 4 is 39.1 Å². The maximum absolute atomic E-state index is 14.6. The molecule has 12 heteroatoms. The van der Waals surface area contributed by atoms with E-state index < -0.39 is 0 Å². The van der Waals surface area contributed by atoms with Crippen LogP contribution in [0.15, 0.2) is 24.3 Å². The lowest BCUT2D eigenvalue weighted by molar-refractivity contribution is -0.143. The maximum Gasteiger partial charge on any atom is 0.307 e. The van der Waals surface area contributed by atoms with Crippen LogP contribution in [-0.2, 0) is 20.7 Å². The number of aryl methyl sites for hydroxylation is 2. The highest BCUT2D eigenvalue weighted by Crippen LogP contribution is 2.41. The molecule has 232 valence electrons. The number of esters is 1. The third kappa shape index (κ3) is 7.98. The first-order valence-corrected chi connectivity index (χ1v) is 16.0. The first-order valence-electron chi connectivity index (χ1n) is 15.2. The van der Waals surface area contributed by atoms with Crippen LogP contribution in [0.3, 0.4) is 0 Å².